The number of benzene rings is 1. The van der Waals surface area contributed by atoms with Gasteiger partial charge in [0.2, 0.25) is 0 Å². The molecule has 3 heteroatoms. The summed E-state index contributed by atoms with van der Waals surface area (Å²) in [6, 6.07) is 7.31. The van der Waals surface area contributed by atoms with Gasteiger partial charge in [-0.25, -0.2) is 4.98 Å². The minimum atomic E-state index is -2.25. The van der Waals surface area contributed by atoms with Gasteiger partial charge in [0.25, 0.3) is 0 Å². The van der Waals surface area contributed by atoms with Crippen LogP contribution in [0.2, 0.25) is 0 Å². The van der Waals surface area contributed by atoms with E-state index in [1.807, 2.05) is 18.2 Å². The molecule has 0 saturated heterocycles. The molecule has 2 rings (SSSR count). The number of nitrogens with zero attached hydrogens (tertiary/aromatic N) is 1. The lowest BCUT2D eigenvalue weighted by Crippen LogP contribution is -1.77. The standard InChI is InChI=1S/C10H8BrNS/c1-7-12-10(6-13-7)8-3-2-4-9(11)5-8/h2-6H,1H3/i1D3,6D. The summed E-state index contributed by atoms with van der Waals surface area (Å²) >= 11 is 4.23. The van der Waals surface area contributed by atoms with Crippen LogP contribution in [-0.2, 0) is 0 Å². The molecule has 13 heavy (non-hydrogen) atoms. The van der Waals surface area contributed by atoms with Gasteiger partial charge in [0.05, 0.1) is 12.1 Å². The minimum Gasteiger partial charge on any atom is -0.242 e. The molecule has 0 atom stereocenters. The van der Waals surface area contributed by atoms with Gasteiger partial charge < -0.3 is 0 Å². The molecule has 1 nitrogen and oxygen atoms in total. The predicted octanol–water partition coefficient (Wildman–Crippen LogP) is 3.88. The number of hydrogen-bond donors (Lipinski definition) is 0. The Morgan fingerprint density at radius 1 is 1.62 bits per heavy atom. The van der Waals surface area contributed by atoms with E-state index in [9.17, 15) is 0 Å². The number of hydrogen-bond acceptors (Lipinski definition) is 2. The molecule has 0 bridgehead atoms. The highest BCUT2D eigenvalue weighted by Gasteiger charge is 2.01. The highest BCUT2D eigenvalue weighted by molar-refractivity contribution is 9.10. The number of halogens is 1. The molecule has 0 N–H and O–H groups in total. The van der Waals surface area contributed by atoms with Crippen molar-refractivity contribution in [3.8, 4) is 11.3 Å². The SMILES string of the molecule is [2H]c1sc(C([2H])([2H])[2H])nc1-c1cccc(Br)c1. The predicted molar refractivity (Wildman–Crippen MR) is 60.0 cm³/mol. The molecule has 0 unspecified atom stereocenters. The fourth-order valence-corrected chi connectivity index (χ4v) is 1.90. The van der Waals surface area contributed by atoms with E-state index in [0.717, 1.165) is 21.4 Å². The molecular formula is C10H8BrNS. The average molecular weight is 258 g/mol. The average Bonchev–Trinajstić information content (AvgIpc) is 2.60. The molecule has 0 amide bonds. The van der Waals surface area contributed by atoms with Crippen molar-refractivity contribution in [3.63, 3.8) is 0 Å². The van der Waals surface area contributed by atoms with Crippen molar-refractivity contribution in [1.82, 2.24) is 4.98 Å². The van der Waals surface area contributed by atoms with Crippen LogP contribution in [0.4, 0.5) is 0 Å². The van der Waals surface area contributed by atoms with Crippen molar-refractivity contribution in [2.75, 3.05) is 0 Å². The molecule has 0 aliphatic carbocycles. The Labute approximate surface area is 95.2 Å². The molecule has 2 aromatic rings. The molecule has 1 aromatic heterocycles. The largest absolute Gasteiger partial charge is 0.242 e. The van der Waals surface area contributed by atoms with Crippen LogP contribution in [-0.4, -0.2) is 4.98 Å². The van der Waals surface area contributed by atoms with E-state index in [4.69, 9.17) is 5.48 Å². The first-order chi connectivity index (χ1) is 7.88. The van der Waals surface area contributed by atoms with Crippen LogP contribution in [0.1, 0.15) is 10.5 Å². The van der Waals surface area contributed by atoms with E-state index in [2.05, 4.69) is 20.9 Å². The molecule has 66 valence electrons. The second-order valence-corrected chi connectivity index (χ2v) is 4.19. The Balaban J connectivity index is 2.50. The number of thiazole rings is 1. The van der Waals surface area contributed by atoms with E-state index in [1.54, 1.807) is 6.07 Å². The third-order valence-corrected chi connectivity index (χ3v) is 2.63. The summed E-state index contributed by atoms with van der Waals surface area (Å²) in [5.74, 6) is 0. The van der Waals surface area contributed by atoms with Crippen molar-refractivity contribution in [3.05, 3.63) is 39.1 Å². The van der Waals surface area contributed by atoms with Crippen molar-refractivity contribution in [2.24, 2.45) is 0 Å². The van der Waals surface area contributed by atoms with Gasteiger partial charge >= 0.3 is 0 Å². The Bertz CT molecular complexity index is 549. The van der Waals surface area contributed by atoms with Gasteiger partial charge in [-0.2, -0.15) is 0 Å². The van der Waals surface area contributed by atoms with Gasteiger partial charge in [0, 0.05) is 19.5 Å². The molecule has 0 radical (unpaired) electrons. The summed E-state index contributed by atoms with van der Waals surface area (Å²) in [6.45, 7) is -2.25. The maximum absolute atomic E-state index is 7.77. The normalized spacial score (nSPS) is 15.8. The van der Waals surface area contributed by atoms with Crippen LogP contribution >= 0.6 is 27.3 Å². The zero-order valence-electron chi connectivity index (χ0n) is 10.5. The van der Waals surface area contributed by atoms with Crippen molar-refractivity contribution < 1.29 is 5.48 Å². The summed E-state index contributed by atoms with van der Waals surface area (Å²) in [5, 5.41) is 0.187. The molecule has 1 heterocycles. The second-order valence-electron chi connectivity index (χ2n) is 2.48. The fraction of sp³-hybridized carbons (Fsp3) is 0.100. The lowest BCUT2D eigenvalue weighted by Gasteiger charge is -1.96. The third-order valence-electron chi connectivity index (χ3n) is 1.56. The first-order valence-electron chi connectivity index (χ1n) is 5.62. The summed E-state index contributed by atoms with van der Waals surface area (Å²) < 4.78 is 30.5. The highest BCUT2D eigenvalue weighted by Crippen LogP contribution is 2.23. The van der Waals surface area contributed by atoms with Gasteiger partial charge in [-0.1, -0.05) is 28.1 Å². The van der Waals surface area contributed by atoms with Crippen molar-refractivity contribution in [2.45, 2.75) is 6.85 Å². The molecule has 0 aliphatic heterocycles. The first-order valence-corrected chi connectivity index (χ1v) is 5.23. The van der Waals surface area contributed by atoms with E-state index in [0.29, 0.717) is 5.69 Å². The molecular weight excluding hydrogens is 246 g/mol. The highest BCUT2D eigenvalue weighted by atomic mass is 79.9. The molecule has 0 aliphatic rings. The maximum Gasteiger partial charge on any atom is 0.0901 e. The maximum atomic E-state index is 7.77. The quantitative estimate of drug-likeness (QED) is 0.756. The van der Waals surface area contributed by atoms with E-state index in [-0.39, 0.29) is 10.4 Å². The van der Waals surface area contributed by atoms with Crippen LogP contribution in [0.25, 0.3) is 11.3 Å². The van der Waals surface area contributed by atoms with Gasteiger partial charge in [-0.05, 0) is 19.0 Å². The van der Waals surface area contributed by atoms with Gasteiger partial charge in [0.15, 0.2) is 0 Å². The molecule has 0 fully saturated rings. The number of rotatable bonds is 1. The van der Waals surface area contributed by atoms with E-state index >= 15 is 0 Å². The minimum absolute atomic E-state index is 0.0116. The Hall–Kier alpha value is -0.670. The summed E-state index contributed by atoms with van der Waals surface area (Å²) in [7, 11) is 0. The lowest BCUT2D eigenvalue weighted by atomic mass is 10.2. The zero-order valence-corrected chi connectivity index (χ0v) is 8.95. The van der Waals surface area contributed by atoms with E-state index in [1.165, 1.54) is 0 Å². The van der Waals surface area contributed by atoms with Crippen LogP contribution < -0.4 is 0 Å². The van der Waals surface area contributed by atoms with E-state index < -0.39 is 6.85 Å². The van der Waals surface area contributed by atoms with Gasteiger partial charge in [0.1, 0.15) is 0 Å². The Kier molecular flexibility index (Phi) is 1.46. The van der Waals surface area contributed by atoms with Crippen LogP contribution in [0.15, 0.2) is 34.1 Å². The van der Waals surface area contributed by atoms with Gasteiger partial charge in [-0.3, -0.25) is 0 Å². The Morgan fingerprint density at radius 2 is 2.54 bits per heavy atom. The van der Waals surface area contributed by atoms with Crippen molar-refractivity contribution >= 4 is 27.3 Å². The van der Waals surface area contributed by atoms with Crippen molar-refractivity contribution in [1.29, 1.82) is 0 Å². The summed E-state index contributed by atoms with van der Waals surface area (Å²) in [4.78, 5) is 4.04. The lowest BCUT2D eigenvalue weighted by molar-refractivity contribution is 1.30. The molecule has 0 spiro atoms. The van der Waals surface area contributed by atoms with Crippen LogP contribution in [0.3, 0.4) is 0 Å². The monoisotopic (exact) mass is 257 g/mol. The first kappa shape index (κ1) is 5.27. The summed E-state index contributed by atoms with van der Waals surface area (Å²) in [6.07, 6.45) is 0. The van der Waals surface area contributed by atoms with Crippen LogP contribution in [0.5, 0.6) is 0 Å². The number of aryl methyl sites for hydroxylation is 1. The third kappa shape index (κ3) is 1.98. The molecule has 1 aromatic carbocycles. The number of aromatic nitrogens is 1. The topological polar surface area (TPSA) is 12.9 Å². The molecule has 0 saturated carbocycles. The fourth-order valence-electron chi connectivity index (χ4n) is 1.00. The summed E-state index contributed by atoms with van der Waals surface area (Å²) in [5.41, 5.74) is 1.17. The zero-order chi connectivity index (χ0) is 12.6. The van der Waals surface area contributed by atoms with Crippen LogP contribution in [0, 0.1) is 6.85 Å². The van der Waals surface area contributed by atoms with Gasteiger partial charge in [-0.15, -0.1) is 11.3 Å². The second kappa shape index (κ2) is 3.60. The smallest absolute Gasteiger partial charge is 0.0901 e. The Morgan fingerprint density at radius 3 is 3.23 bits per heavy atom.